The van der Waals surface area contributed by atoms with E-state index in [1.807, 2.05) is 19.1 Å². The largest absolute Gasteiger partial charge is 0.490 e. The lowest BCUT2D eigenvalue weighted by molar-refractivity contribution is -0.143. The summed E-state index contributed by atoms with van der Waals surface area (Å²) < 4.78 is 16.0. The number of barbiturate groups is 1. The maximum absolute atomic E-state index is 13.3. The number of nitrogens with one attached hydrogen (secondary N) is 1. The van der Waals surface area contributed by atoms with Crippen LogP contribution in [0.3, 0.4) is 0 Å². The number of esters is 1. The van der Waals surface area contributed by atoms with Gasteiger partial charge in [-0.25, -0.2) is 14.5 Å². The molecule has 0 aliphatic carbocycles. The third-order valence-corrected chi connectivity index (χ3v) is 5.40. The molecule has 1 heterocycles. The Morgan fingerprint density at radius 3 is 2.42 bits per heavy atom. The molecule has 2 aromatic rings. The third-order valence-electron chi connectivity index (χ3n) is 5.40. The number of hydrogen-bond acceptors (Lipinski definition) is 7. The first-order valence-electron chi connectivity index (χ1n) is 11.4. The number of methoxy groups -OCH3 is 1. The number of carbonyl (C=O) groups is 4. The highest BCUT2D eigenvalue weighted by Crippen LogP contribution is 2.35. The van der Waals surface area contributed by atoms with E-state index in [-0.39, 0.29) is 12.2 Å². The van der Waals surface area contributed by atoms with Crippen molar-refractivity contribution in [2.45, 2.75) is 26.7 Å². The van der Waals surface area contributed by atoms with E-state index in [2.05, 4.69) is 16.6 Å². The van der Waals surface area contributed by atoms with Gasteiger partial charge in [-0.2, -0.15) is 0 Å². The molecule has 188 valence electrons. The van der Waals surface area contributed by atoms with E-state index < -0.39 is 23.8 Å². The van der Waals surface area contributed by atoms with Crippen molar-refractivity contribution in [1.29, 1.82) is 0 Å². The van der Waals surface area contributed by atoms with Crippen molar-refractivity contribution in [3.05, 3.63) is 71.3 Å². The van der Waals surface area contributed by atoms with Crippen molar-refractivity contribution in [2.24, 2.45) is 0 Å². The first-order chi connectivity index (χ1) is 17.3. The molecule has 2 aromatic carbocycles. The van der Waals surface area contributed by atoms with Crippen LogP contribution in [0.1, 0.15) is 30.5 Å². The van der Waals surface area contributed by atoms with Crippen LogP contribution in [0, 0.1) is 0 Å². The number of aryl methyl sites for hydroxylation is 1. The Morgan fingerprint density at radius 2 is 1.81 bits per heavy atom. The zero-order chi connectivity index (χ0) is 26.2. The van der Waals surface area contributed by atoms with Gasteiger partial charge in [-0.15, -0.1) is 6.58 Å². The van der Waals surface area contributed by atoms with Crippen LogP contribution in [-0.2, 0) is 32.0 Å². The van der Waals surface area contributed by atoms with Crippen LogP contribution in [0.2, 0.25) is 0 Å². The minimum Gasteiger partial charge on any atom is -0.490 e. The number of hydrogen-bond donors (Lipinski definition) is 1. The molecule has 1 fully saturated rings. The number of anilines is 1. The lowest BCUT2D eigenvalue weighted by atomic mass is 10.0. The monoisotopic (exact) mass is 492 g/mol. The molecule has 0 radical (unpaired) electrons. The fourth-order valence-corrected chi connectivity index (χ4v) is 3.63. The Morgan fingerprint density at radius 1 is 1.08 bits per heavy atom. The van der Waals surface area contributed by atoms with Gasteiger partial charge >= 0.3 is 12.0 Å². The quantitative estimate of drug-likeness (QED) is 0.233. The number of urea groups is 1. The predicted octanol–water partition coefficient (Wildman–Crippen LogP) is 3.59. The molecule has 0 saturated carbocycles. The predicted molar refractivity (Wildman–Crippen MR) is 134 cm³/mol. The molecule has 0 aromatic heterocycles. The third kappa shape index (κ3) is 5.80. The lowest BCUT2D eigenvalue weighted by Gasteiger charge is -2.26. The van der Waals surface area contributed by atoms with Gasteiger partial charge in [-0.1, -0.05) is 25.1 Å². The van der Waals surface area contributed by atoms with Crippen molar-refractivity contribution in [1.82, 2.24) is 5.32 Å². The second-order valence-corrected chi connectivity index (χ2v) is 7.78. The SMILES string of the molecule is C=CCc1cc(/C=C2/C(=O)NC(=O)N(c3ccc(CC)cc3)C2=O)cc(OCC)c1OCC(=O)OC. The van der Waals surface area contributed by atoms with E-state index in [1.165, 1.54) is 13.2 Å². The summed E-state index contributed by atoms with van der Waals surface area (Å²) in [5.41, 5.74) is 2.27. The number of amides is 4. The Kier molecular flexibility index (Phi) is 8.61. The van der Waals surface area contributed by atoms with Gasteiger partial charge in [-0.05, 0) is 61.2 Å². The van der Waals surface area contributed by atoms with Crippen LogP contribution < -0.4 is 19.7 Å². The summed E-state index contributed by atoms with van der Waals surface area (Å²) in [6, 6.07) is 9.42. The average molecular weight is 493 g/mol. The van der Waals surface area contributed by atoms with Crippen molar-refractivity contribution in [3.63, 3.8) is 0 Å². The van der Waals surface area contributed by atoms with Gasteiger partial charge in [0.15, 0.2) is 18.1 Å². The molecule has 1 N–H and O–H groups in total. The second kappa shape index (κ2) is 11.8. The Hall–Kier alpha value is -4.40. The van der Waals surface area contributed by atoms with E-state index in [0.717, 1.165) is 16.9 Å². The van der Waals surface area contributed by atoms with Gasteiger partial charge < -0.3 is 14.2 Å². The number of benzene rings is 2. The number of rotatable bonds is 10. The normalized spacial score (nSPS) is 14.5. The molecule has 4 amide bonds. The fourth-order valence-electron chi connectivity index (χ4n) is 3.63. The van der Waals surface area contributed by atoms with E-state index >= 15 is 0 Å². The molecule has 0 unspecified atom stereocenters. The van der Waals surface area contributed by atoms with Gasteiger partial charge in [0.1, 0.15) is 5.57 Å². The van der Waals surface area contributed by atoms with Crippen LogP contribution in [-0.4, -0.2) is 44.1 Å². The smallest absolute Gasteiger partial charge is 0.343 e. The summed E-state index contributed by atoms with van der Waals surface area (Å²) >= 11 is 0. The highest BCUT2D eigenvalue weighted by Gasteiger charge is 2.36. The number of carbonyl (C=O) groups excluding carboxylic acids is 4. The van der Waals surface area contributed by atoms with Gasteiger partial charge in [0.2, 0.25) is 0 Å². The van der Waals surface area contributed by atoms with E-state index in [4.69, 9.17) is 9.47 Å². The Balaban J connectivity index is 2.03. The maximum atomic E-state index is 13.3. The molecule has 1 saturated heterocycles. The van der Waals surface area contributed by atoms with Gasteiger partial charge in [0, 0.05) is 5.56 Å². The molecule has 9 nitrogen and oxygen atoms in total. The first-order valence-corrected chi connectivity index (χ1v) is 11.4. The number of allylic oxidation sites excluding steroid dienone is 1. The summed E-state index contributed by atoms with van der Waals surface area (Å²) in [6.45, 7) is 7.51. The molecule has 0 spiro atoms. The zero-order valence-electron chi connectivity index (χ0n) is 20.5. The maximum Gasteiger partial charge on any atom is 0.343 e. The lowest BCUT2D eigenvalue weighted by Crippen LogP contribution is -2.54. The summed E-state index contributed by atoms with van der Waals surface area (Å²) in [6.07, 6.45) is 4.20. The highest BCUT2D eigenvalue weighted by atomic mass is 16.6. The summed E-state index contributed by atoms with van der Waals surface area (Å²) in [5, 5.41) is 2.22. The molecular weight excluding hydrogens is 464 g/mol. The van der Waals surface area contributed by atoms with Crippen molar-refractivity contribution < 1.29 is 33.4 Å². The molecule has 36 heavy (non-hydrogen) atoms. The Bertz CT molecular complexity index is 1220. The molecule has 1 aliphatic rings. The number of nitrogens with zero attached hydrogens (tertiary/aromatic N) is 1. The zero-order valence-corrected chi connectivity index (χ0v) is 20.5. The summed E-state index contributed by atoms with van der Waals surface area (Å²) in [7, 11) is 1.26. The van der Waals surface area contributed by atoms with Crippen molar-refractivity contribution in [3.8, 4) is 11.5 Å². The van der Waals surface area contributed by atoms with Crippen LogP contribution in [0.15, 0.2) is 54.6 Å². The van der Waals surface area contributed by atoms with Crippen LogP contribution in [0.25, 0.3) is 6.08 Å². The first kappa shape index (κ1) is 26.2. The summed E-state index contributed by atoms with van der Waals surface area (Å²) in [5.74, 6) is -1.46. The van der Waals surface area contributed by atoms with Crippen molar-refractivity contribution in [2.75, 3.05) is 25.2 Å². The molecule has 0 bridgehead atoms. The fraction of sp³-hybridized carbons (Fsp3) is 0.259. The average Bonchev–Trinajstić information content (AvgIpc) is 2.86. The number of ether oxygens (including phenoxy) is 3. The van der Waals surface area contributed by atoms with E-state index in [1.54, 1.807) is 37.3 Å². The van der Waals surface area contributed by atoms with Gasteiger partial charge in [-0.3, -0.25) is 14.9 Å². The molecule has 1 aliphatic heterocycles. The molecule has 0 atom stereocenters. The number of imide groups is 2. The highest BCUT2D eigenvalue weighted by molar-refractivity contribution is 6.39. The molecule has 9 heteroatoms. The van der Waals surface area contributed by atoms with Gasteiger partial charge in [0.25, 0.3) is 11.8 Å². The standard InChI is InChI=1S/C27H28N2O7/c1-5-8-19-13-18(15-22(35-7-3)24(19)36-16-23(30)34-4)14-21-25(31)28-27(33)29(26(21)32)20-11-9-17(6-2)10-12-20/h5,9-15H,1,6-8,16H2,2-4H3,(H,28,31,33)/b21-14-. The van der Waals surface area contributed by atoms with E-state index in [9.17, 15) is 19.2 Å². The second-order valence-electron chi connectivity index (χ2n) is 7.78. The van der Waals surface area contributed by atoms with Gasteiger partial charge in [0.05, 0.1) is 19.4 Å². The Labute approximate surface area is 209 Å². The van der Waals surface area contributed by atoms with Crippen molar-refractivity contribution >= 4 is 35.6 Å². The molecular formula is C27H28N2O7. The summed E-state index contributed by atoms with van der Waals surface area (Å²) in [4.78, 5) is 50.9. The molecule has 3 rings (SSSR count). The van der Waals surface area contributed by atoms with Crippen LogP contribution >= 0.6 is 0 Å². The minimum atomic E-state index is -0.819. The van der Waals surface area contributed by atoms with Crippen LogP contribution in [0.4, 0.5) is 10.5 Å². The van der Waals surface area contributed by atoms with E-state index in [0.29, 0.717) is 41.3 Å². The topological polar surface area (TPSA) is 111 Å². The van der Waals surface area contributed by atoms with Crippen LogP contribution in [0.5, 0.6) is 11.5 Å². The minimum absolute atomic E-state index is 0.218.